The van der Waals surface area contributed by atoms with Crippen molar-refractivity contribution in [3.05, 3.63) is 24.3 Å². The number of rotatable bonds is 45. The molecule has 0 rings (SSSR count). The average molecular weight is 874 g/mol. The first-order valence-electron chi connectivity index (χ1n) is 23.5. The van der Waals surface area contributed by atoms with E-state index in [9.17, 15) is 18.9 Å². The maximum Gasteiger partial charge on any atom is 0.474 e. The van der Waals surface area contributed by atoms with Crippen molar-refractivity contribution in [1.29, 1.82) is 0 Å². The number of ether oxygens (including phenoxy) is 2. The Kier molecular flexibility index (Phi) is 41.9. The number of hydrogen-bond donors (Lipinski definition) is 5. The summed E-state index contributed by atoms with van der Waals surface area (Å²) in [5.74, 6) is -1.05. The van der Waals surface area contributed by atoms with Crippen LogP contribution in [0.3, 0.4) is 0 Å². The summed E-state index contributed by atoms with van der Waals surface area (Å²) in [4.78, 5) is 38.5. The van der Waals surface area contributed by atoms with Gasteiger partial charge in [0.1, 0.15) is 6.61 Å². The van der Waals surface area contributed by atoms with Gasteiger partial charge < -0.3 is 36.9 Å². The van der Waals surface area contributed by atoms with Crippen molar-refractivity contribution in [2.24, 2.45) is 11.5 Å². The van der Waals surface area contributed by atoms with Gasteiger partial charge >= 0.3 is 19.8 Å². The molecule has 0 fully saturated rings. The summed E-state index contributed by atoms with van der Waals surface area (Å²) in [7, 11) is -2.92. The SMILES string of the molecule is CCCC/C=C\CCCCCCCC(=O)OC(COC(=O)CCCCCCC/C=C/CCCC)COP(=O)(OC)OCCNC(=O)C(CCCNCCCN)NCCCN. The highest BCUT2D eigenvalue weighted by molar-refractivity contribution is 7.48. The molecule has 0 saturated heterocycles. The highest BCUT2D eigenvalue weighted by Crippen LogP contribution is 2.48. The highest BCUT2D eigenvalue weighted by Gasteiger charge is 2.29. The minimum absolute atomic E-state index is 0.0567. The van der Waals surface area contributed by atoms with Crippen molar-refractivity contribution in [3.63, 3.8) is 0 Å². The number of phosphoric acid groups is 1. The Balaban J connectivity index is 4.99. The van der Waals surface area contributed by atoms with E-state index in [1.54, 1.807) is 0 Å². The molecule has 0 aromatic heterocycles. The Morgan fingerprint density at radius 2 is 1.15 bits per heavy atom. The van der Waals surface area contributed by atoms with Crippen molar-refractivity contribution in [2.45, 2.75) is 180 Å². The van der Waals surface area contributed by atoms with Crippen LogP contribution in [0.4, 0.5) is 0 Å². The fourth-order valence-corrected chi connectivity index (χ4v) is 7.07. The molecule has 0 aliphatic carbocycles. The Morgan fingerprint density at radius 1 is 0.617 bits per heavy atom. The third-order valence-electron chi connectivity index (χ3n) is 9.80. The molecule has 60 heavy (non-hydrogen) atoms. The molecule has 0 radical (unpaired) electrons. The first kappa shape index (κ1) is 57.8. The summed E-state index contributed by atoms with van der Waals surface area (Å²) >= 11 is 0. The molecule has 0 aliphatic heterocycles. The van der Waals surface area contributed by atoms with E-state index in [2.05, 4.69) is 54.1 Å². The molecule has 7 N–H and O–H groups in total. The van der Waals surface area contributed by atoms with Gasteiger partial charge in [0.15, 0.2) is 6.10 Å². The molecule has 3 unspecified atom stereocenters. The monoisotopic (exact) mass is 874 g/mol. The molecule has 0 aliphatic rings. The number of allylic oxidation sites excluding steroid dienone is 4. The van der Waals surface area contributed by atoms with Gasteiger partial charge in [-0.1, -0.05) is 102 Å². The Morgan fingerprint density at radius 3 is 1.73 bits per heavy atom. The number of amides is 1. The minimum atomic E-state index is -4.11. The Labute approximate surface area is 364 Å². The lowest BCUT2D eigenvalue weighted by molar-refractivity contribution is -0.161. The molecule has 15 heteroatoms. The van der Waals surface area contributed by atoms with Crippen molar-refractivity contribution in [2.75, 3.05) is 66.2 Å². The fourth-order valence-electron chi connectivity index (χ4n) is 6.12. The predicted octanol–water partition coefficient (Wildman–Crippen LogP) is 8.33. The number of esters is 2. The second-order valence-corrected chi connectivity index (χ2v) is 17.1. The van der Waals surface area contributed by atoms with Crippen molar-refractivity contribution in [3.8, 4) is 0 Å². The number of hydrogen-bond acceptors (Lipinski definition) is 13. The topological polar surface area (TPSA) is 203 Å². The summed E-state index contributed by atoms with van der Waals surface area (Å²) in [6.07, 6.45) is 30.7. The van der Waals surface area contributed by atoms with Crippen LogP contribution in [0.2, 0.25) is 0 Å². The van der Waals surface area contributed by atoms with Gasteiger partial charge in [-0.05, 0) is 110 Å². The lowest BCUT2D eigenvalue weighted by Crippen LogP contribution is -2.46. The maximum absolute atomic E-state index is 13.4. The molecule has 0 aromatic rings. The smallest absolute Gasteiger partial charge is 0.462 e. The van der Waals surface area contributed by atoms with Crippen LogP contribution in [0.25, 0.3) is 0 Å². The molecule has 0 spiro atoms. The number of phosphoric ester groups is 1. The molecule has 0 aromatic carbocycles. The van der Waals surface area contributed by atoms with Crippen LogP contribution in [-0.2, 0) is 42.0 Å². The van der Waals surface area contributed by atoms with Crippen LogP contribution in [0.1, 0.15) is 168 Å². The molecule has 352 valence electrons. The molecule has 0 bridgehead atoms. The molecule has 0 saturated carbocycles. The number of carbonyl (C=O) groups excluding carboxylic acids is 3. The summed E-state index contributed by atoms with van der Waals surface area (Å²) < 4.78 is 40.6. The number of nitrogens with one attached hydrogen (secondary N) is 3. The van der Waals surface area contributed by atoms with E-state index < -0.39 is 31.9 Å². The summed E-state index contributed by atoms with van der Waals surface area (Å²) in [6.45, 7) is 7.02. The zero-order valence-corrected chi connectivity index (χ0v) is 39.0. The van der Waals surface area contributed by atoms with E-state index in [0.717, 1.165) is 109 Å². The molecular formula is C45H88N5O9P. The summed E-state index contributed by atoms with van der Waals surface area (Å²) in [5, 5.41) is 9.40. The van der Waals surface area contributed by atoms with Gasteiger partial charge in [0.25, 0.3) is 0 Å². The predicted molar refractivity (Wildman–Crippen MR) is 244 cm³/mol. The second-order valence-electron chi connectivity index (χ2n) is 15.4. The largest absolute Gasteiger partial charge is 0.474 e. The lowest BCUT2D eigenvalue weighted by atomic mass is 10.1. The molecule has 14 nitrogen and oxygen atoms in total. The third kappa shape index (κ3) is 37.6. The van der Waals surface area contributed by atoms with E-state index in [-0.39, 0.29) is 45.1 Å². The summed E-state index contributed by atoms with van der Waals surface area (Å²) in [5.41, 5.74) is 11.2. The molecule has 3 atom stereocenters. The third-order valence-corrected chi connectivity index (χ3v) is 11.2. The van der Waals surface area contributed by atoms with Crippen LogP contribution in [0.5, 0.6) is 0 Å². The molecular weight excluding hydrogens is 785 g/mol. The Bertz CT molecular complexity index is 1130. The quantitative estimate of drug-likeness (QED) is 0.0169. The maximum atomic E-state index is 13.4. The van der Waals surface area contributed by atoms with Crippen LogP contribution in [0, 0.1) is 0 Å². The lowest BCUT2D eigenvalue weighted by Gasteiger charge is -2.22. The zero-order valence-electron chi connectivity index (χ0n) is 38.1. The number of carbonyl (C=O) groups is 3. The standard InChI is InChI=1S/C45H88N5O9P/c1-4-6-8-10-12-14-16-18-20-22-24-30-43(51)56-39-41(59-44(52)31-25-23-21-19-17-15-13-11-9-7-5-2)40-58-60(54,55-3)57-38-37-50-45(53)42(49-36-28-33-47)29-26-34-48-35-27-32-46/h10-13,41-42,48-49H,4-9,14-40,46-47H2,1-3H3,(H,50,53)/b12-10+,13-11-. The van der Waals surface area contributed by atoms with Crippen molar-refractivity contribution in [1.82, 2.24) is 16.0 Å². The first-order chi connectivity index (χ1) is 29.2. The van der Waals surface area contributed by atoms with Gasteiger partial charge in [0, 0.05) is 26.5 Å². The van der Waals surface area contributed by atoms with E-state index in [0.29, 0.717) is 38.9 Å². The molecule has 0 heterocycles. The van der Waals surface area contributed by atoms with Crippen LogP contribution >= 0.6 is 7.82 Å². The number of nitrogens with two attached hydrogens (primary N) is 2. The van der Waals surface area contributed by atoms with Crippen LogP contribution in [0.15, 0.2) is 24.3 Å². The van der Waals surface area contributed by atoms with Gasteiger partial charge in [-0.25, -0.2) is 4.57 Å². The Hall–Kier alpha value is -2.16. The van der Waals surface area contributed by atoms with Crippen LogP contribution < -0.4 is 27.4 Å². The van der Waals surface area contributed by atoms with E-state index in [1.807, 2.05) is 0 Å². The minimum Gasteiger partial charge on any atom is -0.462 e. The van der Waals surface area contributed by atoms with Gasteiger partial charge in [-0.15, -0.1) is 0 Å². The van der Waals surface area contributed by atoms with Gasteiger partial charge in [-0.3, -0.25) is 28.0 Å². The highest BCUT2D eigenvalue weighted by atomic mass is 31.2. The van der Waals surface area contributed by atoms with Gasteiger partial charge in [0.2, 0.25) is 5.91 Å². The normalized spacial score (nSPS) is 13.8. The second kappa shape index (κ2) is 43.5. The zero-order chi connectivity index (χ0) is 44.2. The molecule has 1 amide bonds. The summed E-state index contributed by atoms with van der Waals surface area (Å²) in [6, 6.07) is -0.424. The van der Waals surface area contributed by atoms with Gasteiger partial charge in [0.05, 0.1) is 19.3 Å². The first-order valence-corrected chi connectivity index (χ1v) is 24.9. The van der Waals surface area contributed by atoms with Crippen molar-refractivity contribution < 1.29 is 42.0 Å². The van der Waals surface area contributed by atoms with E-state index in [1.165, 1.54) is 32.8 Å². The van der Waals surface area contributed by atoms with Crippen LogP contribution in [-0.4, -0.2) is 96.2 Å². The average Bonchev–Trinajstić information content (AvgIpc) is 3.24. The van der Waals surface area contributed by atoms with Crippen molar-refractivity contribution >= 4 is 25.7 Å². The van der Waals surface area contributed by atoms with Gasteiger partial charge in [-0.2, -0.15) is 0 Å². The van der Waals surface area contributed by atoms with E-state index >= 15 is 0 Å². The van der Waals surface area contributed by atoms with E-state index in [4.69, 9.17) is 34.5 Å². The number of unbranched alkanes of at least 4 members (excludes halogenated alkanes) is 14. The fraction of sp³-hybridized carbons (Fsp3) is 0.844.